The minimum absolute atomic E-state index is 0.0752. The van der Waals surface area contributed by atoms with Crippen molar-refractivity contribution < 1.29 is 14.3 Å². The van der Waals surface area contributed by atoms with Gasteiger partial charge in [-0.25, -0.2) is 4.98 Å². The molecule has 33 heavy (non-hydrogen) atoms. The average molecular weight is 447 g/mol. The van der Waals surface area contributed by atoms with Crippen LogP contribution in [0.5, 0.6) is 11.6 Å². The summed E-state index contributed by atoms with van der Waals surface area (Å²) >= 11 is 0. The molecular weight excluding hydrogens is 412 g/mol. The van der Waals surface area contributed by atoms with Crippen molar-refractivity contribution in [3.8, 4) is 11.6 Å². The summed E-state index contributed by atoms with van der Waals surface area (Å²) in [7, 11) is 0. The lowest BCUT2D eigenvalue weighted by Crippen LogP contribution is -2.55. The summed E-state index contributed by atoms with van der Waals surface area (Å²) in [6.07, 6.45) is 12.7. The highest BCUT2D eigenvalue weighted by Crippen LogP contribution is 2.53. The number of hydrogen-bond acceptors (Lipinski definition) is 4. The van der Waals surface area contributed by atoms with Gasteiger partial charge < -0.3 is 14.8 Å². The van der Waals surface area contributed by atoms with Crippen molar-refractivity contribution in [2.75, 3.05) is 0 Å². The van der Waals surface area contributed by atoms with E-state index in [1.165, 1.54) is 32.1 Å². The lowest BCUT2D eigenvalue weighted by molar-refractivity contribution is -0.0119. The number of nitrogens with zero attached hydrogens (tertiary/aromatic N) is 1. The fraction of sp³-hybridized carbons (Fsp3) is 0.571. The first kappa shape index (κ1) is 21.0. The summed E-state index contributed by atoms with van der Waals surface area (Å²) in [6.45, 7) is 0. The van der Waals surface area contributed by atoms with Gasteiger partial charge in [0.05, 0.1) is 6.10 Å². The lowest BCUT2D eigenvalue weighted by atomic mass is 9.54. The molecule has 0 aliphatic heterocycles. The smallest absolute Gasteiger partial charge is 0.251 e. The van der Waals surface area contributed by atoms with E-state index in [9.17, 15) is 4.79 Å². The first-order valence-electron chi connectivity index (χ1n) is 12.8. The van der Waals surface area contributed by atoms with Gasteiger partial charge in [0.15, 0.2) is 0 Å². The van der Waals surface area contributed by atoms with Gasteiger partial charge in [-0.15, -0.1) is 0 Å². The molecule has 4 bridgehead atoms. The number of amides is 1. The number of aromatic nitrogens is 1. The summed E-state index contributed by atoms with van der Waals surface area (Å²) in [5.41, 5.74) is 0.739. The second-order valence-electron chi connectivity index (χ2n) is 10.8. The number of benzene rings is 1. The predicted octanol–water partition coefficient (Wildman–Crippen LogP) is 5.41. The summed E-state index contributed by atoms with van der Waals surface area (Å²) in [5.74, 6) is 4.86. The lowest BCUT2D eigenvalue weighted by Gasteiger charge is -2.54. The maximum Gasteiger partial charge on any atom is 0.251 e. The van der Waals surface area contributed by atoms with Gasteiger partial charge in [-0.05, 0) is 112 Å². The molecule has 5 saturated carbocycles. The highest BCUT2D eigenvalue weighted by molar-refractivity contribution is 5.94. The molecule has 2 aromatic rings. The second-order valence-corrected chi connectivity index (χ2v) is 10.8. The third-order valence-corrected chi connectivity index (χ3v) is 8.49. The maximum absolute atomic E-state index is 13.0. The van der Waals surface area contributed by atoms with Crippen molar-refractivity contribution >= 4 is 5.91 Å². The molecule has 0 unspecified atom stereocenters. The van der Waals surface area contributed by atoms with Gasteiger partial charge in [0.2, 0.25) is 5.88 Å². The topological polar surface area (TPSA) is 60.5 Å². The highest BCUT2D eigenvalue weighted by Gasteiger charge is 2.48. The normalized spacial score (nSPS) is 34.6. The van der Waals surface area contributed by atoms with Crippen molar-refractivity contribution in [2.24, 2.45) is 23.7 Å². The quantitative estimate of drug-likeness (QED) is 0.645. The molecule has 5 nitrogen and oxygen atoms in total. The Labute approximate surface area is 196 Å². The van der Waals surface area contributed by atoms with Crippen LogP contribution in [-0.2, 0) is 0 Å². The summed E-state index contributed by atoms with van der Waals surface area (Å²) in [5, 5.41) is 3.41. The summed E-state index contributed by atoms with van der Waals surface area (Å²) in [6, 6.07) is 13.9. The number of hydrogen-bond donors (Lipinski definition) is 1. The van der Waals surface area contributed by atoms with Crippen molar-refractivity contribution in [1.82, 2.24) is 10.3 Å². The molecule has 5 heteroatoms. The van der Waals surface area contributed by atoms with Gasteiger partial charge in [-0.3, -0.25) is 4.79 Å². The number of ether oxygens (including phenoxy) is 2. The Kier molecular flexibility index (Phi) is 5.73. The maximum atomic E-state index is 13.0. The molecule has 0 radical (unpaired) electrons. The van der Waals surface area contributed by atoms with Crippen LogP contribution in [0.2, 0.25) is 0 Å². The fourth-order valence-electron chi connectivity index (χ4n) is 7.13. The Balaban J connectivity index is 0.991. The highest BCUT2D eigenvalue weighted by atomic mass is 16.5. The monoisotopic (exact) mass is 446 g/mol. The van der Waals surface area contributed by atoms with E-state index in [4.69, 9.17) is 9.47 Å². The minimum atomic E-state index is 0.0752. The van der Waals surface area contributed by atoms with Crippen molar-refractivity contribution in [3.05, 3.63) is 54.2 Å². The van der Waals surface area contributed by atoms with E-state index in [1.807, 2.05) is 42.5 Å². The fourth-order valence-corrected chi connectivity index (χ4v) is 7.13. The predicted molar refractivity (Wildman–Crippen MR) is 126 cm³/mol. The molecule has 0 atom stereocenters. The summed E-state index contributed by atoms with van der Waals surface area (Å²) < 4.78 is 12.2. The van der Waals surface area contributed by atoms with Gasteiger partial charge in [0, 0.05) is 23.9 Å². The van der Waals surface area contributed by atoms with Crippen LogP contribution in [0, 0.1) is 23.7 Å². The first-order valence-corrected chi connectivity index (χ1v) is 12.8. The summed E-state index contributed by atoms with van der Waals surface area (Å²) in [4.78, 5) is 17.2. The molecule has 1 heterocycles. The van der Waals surface area contributed by atoms with Gasteiger partial charge in [0.1, 0.15) is 11.9 Å². The van der Waals surface area contributed by atoms with Crippen LogP contribution in [0.4, 0.5) is 0 Å². The SMILES string of the molecule is O=C(NC1C2CC3CC(C2)CC1C3)c1ccc(OC2CCC(Oc3ccccn3)CC2)cc1. The molecule has 5 aliphatic rings. The molecule has 1 aromatic carbocycles. The largest absolute Gasteiger partial charge is 0.490 e. The van der Waals surface area contributed by atoms with Crippen LogP contribution in [0.15, 0.2) is 48.7 Å². The Bertz CT molecular complexity index is 925. The molecule has 1 amide bonds. The zero-order valence-electron chi connectivity index (χ0n) is 19.2. The third-order valence-electron chi connectivity index (χ3n) is 8.49. The van der Waals surface area contributed by atoms with E-state index in [0.29, 0.717) is 23.8 Å². The molecule has 1 N–H and O–H groups in total. The number of pyridine rings is 1. The van der Waals surface area contributed by atoms with E-state index in [0.717, 1.165) is 48.8 Å². The average Bonchev–Trinajstić information content (AvgIpc) is 2.83. The number of carbonyl (C=O) groups is 1. The van der Waals surface area contributed by atoms with E-state index < -0.39 is 0 Å². The van der Waals surface area contributed by atoms with Gasteiger partial charge >= 0.3 is 0 Å². The second kappa shape index (κ2) is 9.00. The van der Waals surface area contributed by atoms with Gasteiger partial charge in [-0.1, -0.05) is 6.07 Å². The molecule has 7 rings (SSSR count). The molecule has 174 valence electrons. The standard InChI is InChI=1S/C28H34N2O3/c31-28(30-27-21-14-18-13-19(16-21)17-22(27)15-18)20-4-6-23(7-5-20)32-24-8-10-25(11-9-24)33-26-3-1-2-12-29-26/h1-7,12,18-19,21-22,24-25,27H,8-11,13-17H2,(H,30,31). The van der Waals surface area contributed by atoms with Crippen LogP contribution in [0.1, 0.15) is 68.1 Å². The molecule has 1 aromatic heterocycles. The number of rotatable bonds is 6. The number of nitrogens with one attached hydrogen (secondary N) is 1. The van der Waals surface area contributed by atoms with Crippen LogP contribution >= 0.6 is 0 Å². The Hall–Kier alpha value is -2.56. The number of carbonyl (C=O) groups excluding carboxylic acids is 1. The molecule has 0 spiro atoms. The van der Waals surface area contributed by atoms with Gasteiger partial charge in [0.25, 0.3) is 5.91 Å². The Morgan fingerprint density at radius 1 is 0.788 bits per heavy atom. The zero-order chi connectivity index (χ0) is 22.2. The molecule has 0 saturated heterocycles. The Morgan fingerprint density at radius 2 is 1.42 bits per heavy atom. The minimum Gasteiger partial charge on any atom is -0.490 e. The van der Waals surface area contributed by atoms with Gasteiger partial charge in [-0.2, -0.15) is 0 Å². The van der Waals surface area contributed by atoms with E-state index in [2.05, 4.69) is 10.3 Å². The van der Waals surface area contributed by atoms with Crippen LogP contribution in [0.3, 0.4) is 0 Å². The van der Waals surface area contributed by atoms with Crippen molar-refractivity contribution in [3.63, 3.8) is 0 Å². The molecule has 5 aliphatic carbocycles. The van der Waals surface area contributed by atoms with Crippen molar-refractivity contribution in [1.29, 1.82) is 0 Å². The zero-order valence-corrected chi connectivity index (χ0v) is 19.2. The van der Waals surface area contributed by atoms with Crippen LogP contribution < -0.4 is 14.8 Å². The van der Waals surface area contributed by atoms with Crippen molar-refractivity contribution in [2.45, 2.75) is 76.0 Å². The van der Waals surface area contributed by atoms with Crippen LogP contribution in [0.25, 0.3) is 0 Å². The Morgan fingerprint density at radius 3 is 2.03 bits per heavy atom. The first-order chi connectivity index (χ1) is 16.2. The third kappa shape index (κ3) is 4.60. The van der Waals surface area contributed by atoms with E-state index in [-0.39, 0.29) is 18.1 Å². The molecule has 5 fully saturated rings. The van der Waals surface area contributed by atoms with E-state index >= 15 is 0 Å². The molecular formula is C28H34N2O3. The van der Waals surface area contributed by atoms with Crippen LogP contribution in [-0.4, -0.2) is 29.1 Å². The van der Waals surface area contributed by atoms with E-state index in [1.54, 1.807) is 6.20 Å².